The number of hydrogen-bond acceptors (Lipinski definition) is 5. The molecule has 0 bridgehead atoms. The number of aromatic nitrogens is 2. The number of rotatable bonds is 9. The van der Waals surface area contributed by atoms with Gasteiger partial charge in [-0.2, -0.15) is 4.31 Å². The van der Waals surface area contributed by atoms with Crippen molar-refractivity contribution in [3.05, 3.63) is 60.2 Å². The summed E-state index contributed by atoms with van der Waals surface area (Å²) < 4.78 is 41.9. The van der Waals surface area contributed by atoms with Crippen LogP contribution in [0.3, 0.4) is 0 Å². The van der Waals surface area contributed by atoms with Gasteiger partial charge in [-0.1, -0.05) is 0 Å². The fourth-order valence-corrected chi connectivity index (χ4v) is 4.77. The summed E-state index contributed by atoms with van der Waals surface area (Å²) in [7, 11) is -2.64. The maximum atomic E-state index is 13.2. The molecule has 8 nitrogen and oxygen atoms in total. The average Bonchev–Trinajstić information content (AvgIpc) is 3.11. The van der Waals surface area contributed by atoms with Crippen LogP contribution in [0.25, 0.3) is 11.0 Å². The fourth-order valence-electron chi connectivity index (χ4n) is 3.41. The van der Waals surface area contributed by atoms with Gasteiger partial charge in [-0.05, 0) is 48.9 Å². The second-order valence-corrected chi connectivity index (χ2v) is 9.20. The molecule has 10 heteroatoms. The van der Waals surface area contributed by atoms with Gasteiger partial charge in [0.15, 0.2) is 0 Å². The summed E-state index contributed by atoms with van der Waals surface area (Å²) in [6.07, 6.45) is 3.73. The van der Waals surface area contributed by atoms with E-state index in [1.54, 1.807) is 36.0 Å². The predicted molar refractivity (Wildman–Crippen MR) is 112 cm³/mol. The highest BCUT2D eigenvalue weighted by molar-refractivity contribution is 7.89. The number of likely N-dealkylation sites (N-methyl/N-ethyl adjacent to an activating group) is 1. The van der Waals surface area contributed by atoms with Gasteiger partial charge in [-0.3, -0.25) is 4.79 Å². The molecule has 0 aliphatic carbocycles. The zero-order valence-electron chi connectivity index (χ0n) is 17.0. The summed E-state index contributed by atoms with van der Waals surface area (Å²) in [5, 5.41) is 10.1. The van der Waals surface area contributed by atoms with Gasteiger partial charge in [0, 0.05) is 43.8 Å². The second-order valence-electron chi connectivity index (χ2n) is 7.20. The van der Waals surface area contributed by atoms with Crippen LogP contribution in [0.5, 0.6) is 0 Å². The molecule has 0 aliphatic heterocycles. The van der Waals surface area contributed by atoms with E-state index in [-0.39, 0.29) is 17.9 Å². The maximum Gasteiger partial charge on any atom is 0.310 e. The Labute approximate surface area is 179 Å². The standard InChI is InChI=1S/C21H22FN3O5S/c1-14(21(27)28)19-13-25(20-18(19)4-3-10-23-20)12-16(9-11-26)24(2)31(29,30)17-7-5-15(22)6-8-17/h3-8,10-11,13-14,16H,9,12H2,1-2H3,(H,27,28)/t14?,16-/m1/s1. The number of hydrogen-bond donors (Lipinski definition) is 1. The molecule has 0 fully saturated rings. The lowest BCUT2D eigenvalue weighted by Crippen LogP contribution is -2.40. The Kier molecular flexibility index (Phi) is 6.51. The summed E-state index contributed by atoms with van der Waals surface area (Å²) >= 11 is 0. The first-order chi connectivity index (χ1) is 14.7. The lowest BCUT2D eigenvalue weighted by molar-refractivity contribution is -0.138. The van der Waals surface area contributed by atoms with E-state index in [1.807, 2.05) is 0 Å². The minimum absolute atomic E-state index is 0.0789. The topological polar surface area (TPSA) is 110 Å². The minimum Gasteiger partial charge on any atom is -0.481 e. The number of nitrogens with zero attached hydrogens (tertiary/aromatic N) is 3. The van der Waals surface area contributed by atoms with E-state index in [4.69, 9.17) is 0 Å². The molecule has 2 atom stereocenters. The van der Waals surface area contributed by atoms with Crippen molar-refractivity contribution in [2.24, 2.45) is 0 Å². The predicted octanol–water partition coefficient (Wildman–Crippen LogP) is 2.64. The van der Waals surface area contributed by atoms with E-state index < -0.39 is 33.8 Å². The van der Waals surface area contributed by atoms with Crippen molar-refractivity contribution in [2.45, 2.75) is 36.7 Å². The number of carbonyl (C=O) groups is 2. The SMILES string of the molecule is CC(C(=O)O)c1cn(C[C@@H](CC=O)N(C)S(=O)(=O)c2ccc(F)cc2)c2ncccc12. The first-order valence-electron chi connectivity index (χ1n) is 9.50. The molecule has 2 aromatic heterocycles. The van der Waals surface area contributed by atoms with Crippen molar-refractivity contribution in [2.75, 3.05) is 7.05 Å². The van der Waals surface area contributed by atoms with Crippen LogP contribution < -0.4 is 0 Å². The Morgan fingerprint density at radius 1 is 1.29 bits per heavy atom. The molecule has 1 aromatic carbocycles. The number of fused-ring (bicyclic) bond motifs is 1. The number of sulfonamides is 1. The van der Waals surface area contributed by atoms with Crippen molar-refractivity contribution in [3.63, 3.8) is 0 Å². The van der Waals surface area contributed by atoms with Gasteiger partial charge < -0.3 is 14.5 Å². The van der Waals surface area contributed by atoms with Gasteiger partial charge in [0.05, 0.1) is 10.8 Å². The number of halogens is 1. The molecule has 0 saturated heterocycles. The van der Waals surface area contributed by atoms with Crippen LogP contribution in [0.15, 0.2) is 53.7 Å². The van der Waals surface area contributed by atoms with Crippen molar-refractivity contribution < 1.29 is 27.5 Å². The molecule has 0 aliphatic rings. The number of aliphatic carboxylic acids is 1. The molecular formula is C21H22FN3O5S. The number of aldehydes is 1. The van der Waals surface area contributed by atoms with Gasteiger partial charge >= 0.3 is 5.97 Å². The van der Waals surface area contributed by atoms with Gasteiger partial charge in [0.25, 0.3) is 0 Å². The Morgan fingerprint density at radius 2 is 1.97 bits per heavy atom. The number of carboxylic acids is 1. The molecule has 0 amide bonds. The fraction of sp³-hybridized carbons (Fsp3) is 0.286. The van der Waals surface area contributed by atoms with Gasteiger partial charge in [0.2, 0.25) is 10.0 Å². The highest BCUT2D eigenvalue weighted by Gasteiger charge is 2.29. The Bertz CT molecular complexity index is 1210. The maximum absolute atomic E-state index is 13.2. The smallest absolute Gasteiger partial charge is 0.310 e. The van der Waals surface area contributed by atoms with Crippen LogP contribution in [0.2, 0.25) is 0 Å². The monoisotopic (exact) mass is 447 g/mol. The van der Waals surface area contributed by atoms with Gasteiger partial charge in [-0.15, -0.1) is 0 Å². The zero-order chi connectivity index (χ0) is 22.8. The number of carboxylic acid groups (broad SMARTS) is 1. The lowest BCUT2D eigenvalue weighted by atomic mass is 10.0. The number of carbonyl (C=O) groups excluding carboxylic acids is 1. The van der Waals surface area contributed by atoms with Crippen LogP contribution in [0, 0.1) is 5.82 Å². The molecule has 3 rings (SSSR count). The molecule has 31 heavy (non-hydrogen) atoms. The summed E-state index contributed by atoms with van der Waals surface area (Å²) in [5.74, 6) is -2.35. The van der Waals surface area contributed by atoms with Crippen LogP contribution in [-0.4, -0.2) is 52.7 Å². The molecule has 0 saturated carbocycles. The highest BCUT2D eigenvalue weighted by atomic mass is 32.2. The molecular weight excluding hydrogens is 425 g/mol. The molecule has 164 valence electrons. The van der Waals surface area contributed by atoms with E-state index in [1.165, 1.54) is 19.2 Å². The van der Waals surface area contributed by atoms with E-state index in [0.29, 0.717) is 22.9 Å². The normalized spacial score (nSPS) is 13.9. The zero-order valence-corrected chi connectivity index (χ0v) is 17.8. The summed E-state index contributed by atoms with van der Waals surface area (Å²) in [4.78, 5) is 27.0. The van der Waals surface area contributed by atoms with Crippen LogP contribution in [-0.2, 0) is 26.2 Å². The minimum atomic E-state index is -3.99. The first kappa shape index (κ1) is 22.6. The first-order valence-corrected chi connectivity index (χ1v) is 10.9. The van der Waals surface area contributed by atoms with Gasteiger partial charge in [0.1, 0.15) is 17.8 Å². The third-order valence-electron chi connectivity index (χ3n) is 5.28. The summed E-state index contributed by atoms with van der Waals surface area (Å²) in [5.41, 5.74) is 1.04. The van der Waals surface area contributed by atoms with Crippen LogP contribution >= 0.6 is 0 Å². The van der Waals surface area contributed by atoms with E-state index in [0.717, 1.165) is 16.4 Å². The highest BCUT2D eigenvalue weighted by Crippen LogP contribution is 2.28. The van der Waals surface area contributed by atoms with E-state index in [2.05, 4.69) is 4.98 Å². The average molecular weight is 447 g/mol. The molecule has 0 radical (unpaired) electrons. The molecule has 1 unspecified atom stereocenters. The Morgan fingerprint density at radius 3 is 2.58 bits per heavy atom. The molecule has 3 aromatic rings. The third kappa shape index (κ3) is 4.49. The van der Waals surface area contributed by atoms with Crippen LogP contribution in [0.4, 0.5) is 4.39 Å². The van der Waals surface area contributed by atoms with E-state index in [9.17, 15) is 27.5 Å². The van der Waals surface area contributed by atoms with Crippen LogP contribution in [0.1, 0.15) is 24.8 Å². The molecule has 0 spiro atoms. The lowest BCUT2D eigenvalue weighted by Gasteiger charge is -2.26. The largest absolute Gasteiger partial charge is 0.481 e. The van der Waals surface area contributed by atoms with Gasteiger partial charge in [-0.25, -0.2) is 17.8 Å². The second kappa shape index (κ2) is 8.94. The number of pyridine rings is 1. The Hall–Kier alpha value is -3.11. The molecule has 1 N–H and O–H groups in total. The summed E-state index contributed by atoms with van der Waals surface area (Å²) in [6, 6.07) is 7.12. The number of benzene rings is 1. The van der Waals surface area contributed by atoms with Crippen molar-refractivity contribution in [3.8, 4) is 0 Å². The summed E-state index contributed by atoms with van der Waals surface area (Å²) in [6.45, 7) is 1.64. The van der Waals surface area contributed by atoms with E-state index >= 15 is 0 Å². The molecule has 2 heterocycles. The Balaban J connectivity index is 2.00. The van der Waals surface area contributed by atoms with Crippen molar-refractivity contribution in [1.29, 1.82) is 0 Å². The third-order valence-corrected chi connectivity index (χ3v) is 7.21. The van der Waals surface area contributed by atoms with Crippen molar-refractivity contribution >= 4 is 33.3 Å². The van der Waals surface area contributed by atoms with Crippen molar-refractivity contribution in [1.82, 2.24) is 13.9 Å². The quantitative estimate of drug-likeness (QED) is 0.505.